The van der Waals surface area contributed by atoms with Gasteiger partial charge in [0.05, 0.1) is 4.47 Å². The average molecular weight is 615 g/mol. The number of carbonyl (C=O) groups excluding carboxylic acids is 2. The van der Waals surface area contributed by atoms with Gasteiger partial charge in [-0.15, -0.1) is 0 Å². The van der Waals surface area contributed by atoms with Crippen molar-refractivity contribution in [3.8, 4) is 5.75 Å². The summed E-state index contributed by atoms with van der Waals surface area (Å²) in [6.45, 7) is 2.44. The number of amides is 2. The minimum Gasteiger partial charge on any atom is -0.507 e. The van der Waals surface area contributed by atoms with E-state index in [1.807, 2.05) is 0 Å². The normalized spacial score (nSPS) is 18.2. The Labute approximate surface area is 227 Å². The van der Waals surface area contributed by atoms with E-state index >= 15 is 0 Å². The number of nitrogens with zero attached hydrogens (tertiary/aromatic N) is 1. The van der Waals surface area contributed by atoms with Crippen LogP contribution in [0.15, 0.2) is 33.2 Å². The lowest BCUT2D eigenvalue weighted by Crippen LogP contribution is -2.40. The summed E-state index contributed by atoms with van der Waals surface area (Å²) in [6, 6.07) is 2.96. The summed E-state index contributed by atoms with van der Waals surface area (Å²) in [5, 5.41) is 21.0. The maximum absolute atomic E-state index is 12.9. The third kappa shape index (κ3) is 9.32. The van der Waals surface area contributed by atoms with Crippen molar-refractivity contribution in [2.75, 3.05) is 6.54 Å². The van der Waals surface area contributed by atoms with Crippen LogP contribution in [0, 0.1) is 0 Å². The summed E-state index contributed by atoms with van der Waals surface area (Å²) in [4.78, 5) is 26.7. The Morgan fingerprint density at radius 3 is 2.14 bits per heavy atom. The molecule has 0 bridgehead atoms. The van der Waals surface area contributed by atoms with Crippen molar-refractivity contribution in [2.24, 2.45) is 0 Å². The van der Waals surface area contributed by atoms with Gasteiger partial charge in [-0.1, -0.05) is 70.4 Å². The van der Waals surface area contributed by atoms with Crippen molar-refractivity contribution in [3.05, 3.63) is 38.8 Å². The van der Waals surface area contributed by atoms with Gasteiger partial charge < -0.3 is 10.2 Å². The van der Waals surface area contributed by atoms with E-state index in [0.717, 1.165) is 32.1 Å². The van der Waals surface area contributed by atoms with E-state index in [1.165, 1.54) is 62.3 Å². The van der Waals surface area contributed by atoms with Crippen LogP contribution in [0.3, 0.4) is 0 Å². The van der Waals surface area contributed by atoms with Crippen molar-refractivity contribution >= 4 is 43.7 Å². The van der Waals surface area contributed by atoms with Crippen molar-refractivity contribution in [2.45, 2.75) is 109 Å². The van der Waals surface area contributed by atoms with Crippen LogP contribution in [0.4, 0.5) is 0 Å². The second-order valence-corrected chi connectivity index (χ2v) is 11.2. The van der Waals surface area contributed by atoms with Crippen molar-refractivity contribution in [1.29, 1.82) is 0 Å². The van der Waals surface area contributed by atoms with Gasteiger partial charge in [0.15, 0.2) is 5.60 Å². The molecule has 0 aromatic heterocycles. The number of benzene rings is 1. The molecule has 1 heterocycles. The number of unbranched alkanes of at least 4 members (excludes halogenated alkanes) is 11. The van der Waals surface area contributed by atoms with Gasteiger partial charge in [0, 0.05) is 23.9 Å². The number of imide groups is 1. The molecule has 1 aliphatic rings. The first kappa shape index (κ1) is 30.0. The van der Waals surface area contributed by atoms with E-state index in [9.17, 15) is 19.8 Å². The van der Waals surface area contributed by atoms with Crippen LogP contribution >= 0.6 is 31.9 Å². The number of phenolic OH excluding ortho intramolecular Hbond substituents is 1. The Bertz CT molecular complexity index is 834. The molecule has 1 aromatic carbocycles. The molecular weight excluding hydrogens is 574 g/mol. The highest BCUT2D eigenvalue weighted by Crippen LogP contribution is 2.40. The molecule has 2 rings (SSSR count). The number of allylic oxidation sites excluding steroid dienone is 2. The first-order valence-electron chi connectivity index (χ1n) is 13.2. The van der Waals surface area contributed by atoms with Gasteiger partial charge in [-0.3, -0.25) is 14.5 Å². The van der Waals surface area contributed by atoms with Gasteiger partial charge in [0.25, 0.3) is 5.91 Å². The molecule has 2 amide bonds. The fourth-order valence-electron chi connectivity index (χ4n) is 4.51. The summed E-state index contributed by atoms with van der Waals surface area (Å²) in [7, 11) is 0. The zero-order valence-electron chi connectivity index (χ0n) is 21.0. The van der Waals surface area contributed by atoms with E-state index in [0.29, 0.717) is 15.4 Å². The lowest BCUT2D eigenvalue weighted by atomic mass is 9.92. The molecule has 5 nitrogen and oxygen atoms in total. The van der Waals surface area contributed by atoms with E-state index in [1.54, 1.807) is 6.07 Å². The molecule has 1 saturated heterocycles. The third-order valence-electron chi connectivity index (χ3n) is 6.74. The number of halogens is 2. The fraction of sp³-hybridized carbons (Fsp3) is 0.643. The second-order valence-electron chi connectivity index (χ2n) is 9.59. The van der Waals surface area contributed by atoms with Crippen LogP contribution in [-0.2, 0) is 15.2 Å². The summed E-state index contributed by atoms with van der Waals surface area (Å²) in [5.41, 5.74) is -1.51. The molecule has 196 valence electrons. The Kier molecular flexibility index (Phi) is 13.6. The van der Waals surface area contributed by atoms with Crippen LogP contribution in [0.25, 0.3) is 0 Å². The summed E-state index contributed by atoms with van der Waals surface area (Å²) < 4.78 is 0.985. The first-order valence-corrected chi connectivity index (χ1v) is 14.8. The molecule has 1 aromatic rings. The molecule has 35 heavy (non-hydrogen) atoms. The standard InChI is InChI=1S/C28H41Br2NO4/c1-2-3-4-5-6-7-8-9-10-11-12-13-14-15-16-17-25(33)31-19-18-28(35,27(31)34)22-20-23(29)26(30)24(32)21-22/h9-10,20-21,32,35H,2-8,11-19H2,1H3. The molecule has 0 spiro atoms. The van der Waals surface area contributed by atoms with Gasteiger partial charge >= 0.3 is 0 Å². The largest absolute Gasteiger partial charge is 0.507 e. The van der Waals surface area contributed by atoms with Crippen molar-refractivity contribution in [3.63, 3.8) is 0 Å². The second kappa shape index (κ2) is 15.8. The fourth-order valence-corrected chi connectivity index (χ4v) is 5.19. The number of phenols is 1. The molecule has 7 heteroatoms. The van der Waals surface area contributed by atoms with Crippen LogP contribution in [-0.4, -0.2) is 33.5 Å². The Hall–Kier alpha value is -1.18. The van der Waals surface area contributed by atoms with E-state index < -0.39 is 11.5 Å². The van der Waals surface area contributed by atoms with Gasteiger partial charge in [0.2, 0.25) is 5.91 Å². The summed E-state index contributed by atoms with van der Waals surface area (Å²) >= 11 is 6.54. The monoisotopic (exact) mass is 613 g/mol. The number of likely N-dealkylation sites (tertiary alicyclic amines) is 1. The maximum atomic E-state index is 12.9. The van der Waals surface area contributed by atoms with Gasteiger partial charge in [-0.05, 0) is 81.7 Å². The smallest absolute Gasteiger partial charge is 0.265 e. The van der Waals surface area contributed by atoms with Gasteiger partial charge in [0.1, 0.15) is 5.75 Å². The van der Waals surface area contributed by atoms with Gasteiger partial charge in [-0.25, -0.2) is 0 Å². The average Bonchev–Trinajstić information content (AvgIpc) is 3.15. The molecule has 0 aliphatic carbocycles. The number of aromatic hydroxyl groups is 1. The maximum Gasteiger partial charge on any atom is 0.265 e. The van der Waals surface area contributed by atoms with Crippen molar-refractivity contribution < 1.29 is 19.8 Å². The molecular formula is C28H41Br2NO4. The zero-order valence-corrected chi connectivity index (χ0v) is 24.2. The quantitative estimate of drug-likeness (QED) is 0.146. The van der Waals surface area contributed by atoms with E-state index in [4.69, 9.17) is 0 Å². The number of rotatable bonds is 16. The lowest BCUT2D eigenvalue weighted by Gasteiger charge is -2.23. The van der Waals surface area contributed by atoms with Crippen LogP contribution in [0.2, 0.25) is 0 Å². The van der Waals surface area contributed by atoms with Crippen molar-refractivity contribution in [1.82, 2.24) is 4.90 Å². The molecule has 2 N–H and O–H groups in total. The predicted octanol–water partition coefficient (Wildman–Crippen LogP) is 7.90. The number of hydrogen-bond acceptors (Lipinski definition) is 4. The molecule has 0 saturated carbocycles. The Balaban J connectivity index is 1.59. The number of carbonyl (C=O) groups is 2. The molecule has 1 aliphatic heterocycles. The van der Waals surface area contributed by atoms with Crippen LogP contribution < -0.4 is 0 Å². The SMILES string of the molecule is CCCCCCCCC=CCCCCCCCC(=O)N1CCC(O)(c2cc(O)c(Br)c(Br)c2)C1=O. The number of aliphatic hydroxyl groups is 1. The Morgan fingerprint density at radius 2 is 1.54 bits per heavy atom. The topological polar surface area (TPSA) is 77.8 Å². The zero-order chi connectivity index (χ0) is 25.7. The molecule has 0 radical (unpaired) electrons. The Morgan fingerprint density at radius 1 is 0.971 bits per heavy atom. The predicted molar refractivity (Wildman–Crippen MR) is 148 cm³/mol. The molecule has 1 fully saturated rings. The number of hydrogen-bond donors (Lipinski definition) is 2. The lowest BCUT2D eigenvalue weighted by molar-refractivity contribution is -0.151. The molecule has 1 atom stereocenters. The van der Waals surface area contributed by atoms with Gasteiger partial charge in [-0.2, -0.15) is 0 Å². The third-order valence-corrected chi connectivity index (χ3v) is 8.73. The summed E-state index contributed by atoms with van der Waals surface area (Å²) in [6.07, 6.45) is 20.6. The first-order chi connectivity index (χ1) is 16.8. The van der Waals surface area contributed by atoms with Crippen LogP contribution in [0.1, 0.15) is 109 Å². The highest BCUT2D eigenvalue weighted by Gasteiger charge is 2.48. The van der Waals surface area contributed by atoms with E-state index in [-0.39, 0.29) is 30.2 Å². The highest BCUT2D eigenvalue weighted by molar-refractivity contribution is 9.13. The minimum absolute atomic E-state index is 0.0753. The highest BCUT2D eigenvalue weighted by atomic mass is 79.9. The van der Waals surface area contributed by atoms with Crippen LogP contribution in [0.5, 0.6) is 5.75 Å². The summed E-state index contributed by atoms with van der Waals surface area (Å²) in [5.74, 6) is -0.915. The van der Waals surface area contributed by atoms with E-state index in [2.05, 4.69) is 50.9 Å². The molecule has 1 unspecified atom stereocenters. The minimum atomic E-state index is -1.79.